The van der Waals surface area contributed by atoms with E-state index in [9.17, 15) is 9.50 Å². The molecule has 3 N–H and O–H groups in total. The number of benzene rings is 1. The molecule has 0 spiro atoms. The van der Waals surface area contributed by atoms with Crippen LogP contribution in [0, 0.1) is 12.7 Å². The molecule has 0 atom stereocenters. The van der Waals surface area contributed by atoms with Crippen LogP contribution in [0.3, 0.4) is 0 Å². The van der Waals surface area contributed by atoms with Gasteiger partial charge in [0.05, 0.1) is 17.0 Å². The SMILES string of the molecule is CCN(CC(C)(C)O)c1cc(C)c(F)cc1N. The van der Waals surface area contributed by atoms with Crippen LogP contribution in [0.4, 0.5) is 15.8 Å². The number of hydrogen-bond donors (Lipinski definition) is 2. The third-order valence-electron chi connectivity index (χ3n) is 2.61. The van der Waals surface area contributed by atoms with E-state index < -0.39 is 5.60 Å². The predicted molar refractivity (Wildman–Crippen MR) is 69.7 cm³/mol. The Bertz CT molecular complexity index is 399. The van der Waals surface area contributed by atoms with Crippen molar-refractivity contribution in [2.45, 2.75) is 33.3 Å². The zero-order valence-electron chi connectivity index (χ0n) is 10.9. The molecule has 0 aliphatic rings. The van der Waals surface area contributed by atoms with Gasteiger partial charge in [0.1, 0.15) is 5.82 Å². The monoisotopic (exact) mass is 240 g/mol. The van der Waals surface area contributed by atoms with Crippen LogP contribution in [0.2, 0.25) is 0 Å². The Morgan fingerprint density at radius 1 is 1.41 bits per heavy atom. The fraction of sp³-hybridized carbons (Fsp3) is 0.538. The van der Waals surface area contributed by atoms with Gasteiger partial charge in [-0.05, 0) is 45.4 Å². The Hall–Kier alpha value is -1.29. The van der Waals surface area contributed by atoms with Crippen molar-refractivity contribution < 1.29 is 9.50 Å². The maximum absolute atomic E-state index is 13.3. The zero-order valence-corrected chi connectivity index (χ0v) is 10.9. The lowest BCUT2D eigenvalue weighted by molar-refractivity contribution is 0.0876. The molecule has 0 saturated heterocycles. The molecule has 4 heteroatoms. The van der Waals surface area contributed by atoms with Gasteiger partial charge in [0.25, 0.3) is 0 Å². The number of hydrogen-bond acceptors (Lipinski definition) is 3. The van der Waals surface area contributed by atoms with E-state index in [1.54, 1.807) is 26.8 Å². The van der Waals surface area contributed by atoms with Crippen LogP contribution in [0.15, 0.2) is 12.1 Å². The number of nitrogens with zero attached hydrogens (tertiary/aromatic N) is 1. The number of rotatable bonds is 4. The minimum Gasteiger partial charge on any atom is -0.397 e. The Morgan fingerprint density at radius 2 is 2.00 bits per heavy atom. The van der Waals surface area contributed by atoms with Crippen molar-refractivity contribution in [1.29, 1.82) is 0 Å². The van der Waals surface area contributed by atoms with Gasteiger partial charge in [-0.2, -0.15) is 0 Å². The van der Waals surface area contributed by atoms with Crippen molar-refractivity contribution in [2.75, 3.05) is 23.7 Å². The Labute approximate surface area is 102 Å². The second-order valence-electron chi connectivity index (χ2n) is 4.99. The third kappa shape index (κ3) is 3.60. The van der Waals surface area contributed by atoms with Crippen LogP contribution < -0.4 is 10.6 Å². The number of likely N-dealkylation sites (N-methyl/N-ethyl adjacent to an activating group) is 1. The summed E-state index contributed by atoms with van der Waals surface area (Å²) in [5.74, 6) is -0.300. The first kappa shape index (κ1) is 13.8. The maximum Gasteiger partial charge on any atom is 0.128 e. The summed E-state index contributed by atoms with van der Waals surface area (Å²) in [5.41, 5.74) is 6.74. The van der Waals surface area contributed by atoms with E-state index in [0.29, 0.717) is 24.3 Å². The normalized spacial score (nSPS) is 11.6. The number of aliphatic hydroxyl groups is 1. The van der Waals surface area contributed by atoms with Gasteiger partial charge in [-0.25, -0.2) is 4.39 Å². The molecule has 0 saturated carbocycles. The standard InChI is InChI=1S/C13H21FN2O/c1-5-16(8-13(3,4)17)12-6-9(2)10(14)7-11(12)15/h6-7,17H,5,8,15H2,1-4H3. The van der Waals surface area contributed by atoms with Gasteiger partial charge in [0.15, 0.2) is 0 Å². The molecule has 1 aromatic rings. The van der Waals surface area contributed by atoms with Crippen LogP contribution in [-0.2, 0) is 0 Å². The number of anilines is 2. The largest absolute Gasteiger partial charge is 0.397 e. The lowest BCUT2D eigenvalue weighted by Crippen LogP contribution is -2.39. The average molecular weight is 240 g/mol. The van der Waals surface area contributed by atoms with Gasteiger partial charge in [-0.1, -0.05) is 0 Å². The van der Waals surface area contributed by atoms with Crippen LogP contribution in [0.5, 0.6) is 0 Å². The lowest BCUT2D eigenvalue weighted by Gasteiger charge is -2.31. The first-order chi connectivity index (χ1) is 7.74. The minimum absolute atomic E-state index is 0.300. The summed E-state index contributed by atoms with van der Waals surface area (Å²) in [7, 11) is 0. The first-order valence-electron chi connectivity index (χ1n) is 5.77. The van der Waals surface area contributed by atoms with Crippen molar-refractivity contribution in [3.05, 3.63) is 23.5 Å². The topological polar surface area (TPSA) is 49.5 Å². The summed E-state index contributed by atoms with van der Waals surface area (Å²) in [5, 5.41) is 9.84. The van der Waals surface area contributed by atoms with E-state index in [2.05, 4.69) is 0 Å². The van der Waals surface area contributed by atoms with Crippen molar-refractivity contribution in [1.82, 2.24) is 0 Å². The molecule has 17 heavy (non-hydrogen) atoms. The molecule has 0 aliphatic carbocycles. The highest BCUT2D eigenvalue weighted by molar-refractivity contribution is 5.68. The number of halogens is 1. The highest BCUT2D eigenvalue weighted by Crippen LogP contribution is 2.27. The van der Waals surface area contributed by atoms with Gasteiger partial charge in [-0.3, -0.25) is 0 Å². The molecule has 3 nitrogen and oxygen atoms in total. The molecule has 0 radical (unpaired) electrons. The molecule has 0 unspecified atom stereocenters. The van der Waals surface area contributed by atoms with Gasteiger partial charge >= 0.3 is 0 Å². The number of nitrogen functional groups attached to an aromatic ring is 1. The molecule has 0 aromatic heterocycles. The van der Waals surface area contributed by atoms with Crippen LogP contribution in [0.1, 0.15) is 26.3 Å². The van der Waals surface area contributed by atoms with E-state index in [0.717, 1.165) is 5.69 Å². The van der Waals surface area contributed by atoms with Crippen LogP contribution >= 0.6 is 0 Å². The van der Waals surface area contributed by atoms with E-state index in [1.807, 2.05) is 11.8 Å². The maximum atomic E-state index is 13.3. The zero-order chi connectivity index (χ0) is 13.2. The van der Waals surface area contributed by atoms with Crippen molar-refractivity contribution in [3.8, 4) is 0 Å². The van der Waals surface area contributed by atoms with Crippen molar-refractivity contribution in [3.63, 3.8) is 0 Å². The summed E-state index contributed by atoms with van der Waals surface area (Å²) < 4.78 is 13.3. The van der Waals surface area contributed by atoms with Crippen LogP contribution in [0.25, 0.3) is 0 Å². The summed E-state index contributed by atoms with van der Waals surface area (Å²) in [6, 6.07) is 3.05. The Morgan fingerprint density at radius 3 is 2.47 bits per heavy atom. The van der Waals surface area contributed by atoms with E-state index in [4.69, 9.17) is 5.73 Å². The quantitative estimate of drug-likeness (QED) is 0.794. The highest BCUT2D eigenvalue weighted by atomic mass is 19.1. The van der Waals surface area contributed by atoms with Crippen molar-refractivity contribution in [2.24, 2.45) is 0 Å². The van der Waals surface area contributed by atoms with E-state index >= 15 is 0 Å². The summed E-state index contributed by atoms with van der Waals surface area (Å²) >= 11 is 0. The van der Waals surface area contributed by atoms with Gasteiger partial charge in [-0.15, -0.1) is 0 Å². The minimum atomic E-state index is -0.815. The van der Waals surface area contributed by atoms with Gasteiger partial charge in [0.2, 0.25) is 0 Å². The first-order valence-corrected chi connectivity index (χ1v) is 5.77. The molecule has 0 heterocycles. The van der Waals surface area contributed by atoms with Gasteiger partial charge < -0.3 is 15.7 Å². The van der Waals surface area contributed by atoms with Crippen LogP contribution in [-0.4, -0.2) is 23.8 Å². The Balaban J connectivity index is 3.08. The second kappa shape index (κ2) is 4.92. The third-order valence-corrected chi connectivity index (χ3v) is 2.61. The second-order valence-corrected chi connectivity index (χ2v) is 4.99. The highest BCUT2D eigenvalue weighted by Gasteiger charge is 2.19. The molecule has 1 rings (SSSR count). The molecular weight excluding hydrogens is 219 g/mol. The molecule has 0 fully saturated rings. The molecular formula is C13H21FN2O. The van der Waals surface area contributed by atoms with Gasteiger partial charge in [0, 0.05) is 13.1 Å². The fourth-order valence-corrected chi connectivity index (χ4v) is 1.79. The number of aryl methyl sites for hydroxylation is 1. The van der Waals surface area contributed by atoms with E-state index in [-0.39, 0.29) is 5.82 Å². The van der Waals surface area contributed by atoms with E-state index in [1.165, 1.54) is 6.07 Å². The Kier molecular flexibility index (Phi) is 3.98. The molecule has 0 amide bonds. The molecule has 1 aromatic carbocycles. The van der Waals surface area contributed by atoms with Crippen molar-refractivity contribution >= 4 is 11.4 Å². The fourth-order valence-electron chi connectivity index (χ4n) is 1.79. The molecule has 0 bridgehead atoms. The average Bonchev–Trinajstić information content (AvgIpc) is 2.19. The summed E-state index contributed by atoms with van der Waals surface area (Å²) in [6.45, 7) is 8.32. The summed E-state index contributed by atoms with van der Waals surface area (Å²) in [6.07, 6.45) is 0. The number of nitrogens with two attached hydrogens (primary N) is 1. The lowest BCUT2D eigenvalue weighted by atomic mass is 10.1. The smallest absolute Gasteiger partial charge is 0.128 e. The molecule has 0 aliphatic heterocycles. The summed E-state index contributed by atoms with van der Waals surface area (Å²) in [4.78, 5) is 1.95. The molecule has 96 valence electrons. The predicted octanol–water partition coefficient (Wildman–Crippen LogP) is 2.31.